The number of rotatable bonds is 4. The number of para-hydroxylation sites is 2. The number of benzene rings is 2. The Labute approximate surface area is 164 Å². The summed E-state index contributed by atoms with van der Waals surface area (Å²) < 4.78 is 7.30. The first-order valence-electron chi connectivity index (χ1n) is 9.43. The smallest absolute Gasteiger partial charge is 0.257 e. The predicted molar refractivity (Wildman–Crippen MR) is 109 cm³/mol. The Morgan fingerprint density at radius 3 is 2.36 bits per heavy atom. The average molecular weight is 376 g/mol. The number of piperazine rings is 1. The van der Waals surface area contributed by atoms with E-state index < -0.39 is 0 Å². The molecule has 4 rings (SSSR count). The van der Waals surface area contributed by atoms with E-state index in [9.17, 15) is 4.79 Å². The number of carbonyl (C=O) groups is 1. The van der Waals surface area contributed by atoms with Crippen molar-refractivity contribution in [3.8, 4) is 22.7 Å². The highest BCUT2D eigenvalue weighted by Gasteiger charge is 2.26. The average Bonchev–Trinajstić information content (AvgIpc) is 3.19. The molecule has 1 saturated heterocycles. The molecule has 1 aromatic heterocycles. The molecule has 1 aliphatic rings. The summed E-state index contributed by atoms with van der Waals surface area (Å²) in [5, 5.41) is 4.77. The number of aromatic nitrogens is 2. The van der Waals surface area contributed by atoms with E-state index in [1.165, 1.54) is 0 Å². The van der Waals surface area contributed by atoms with Crippen LogP contribution in [0.5, 0.6) is 5.75 Å². The zero-order chi connectivity index (χ0) is 19.5. The zero-order valence-corrected chi connectivity index (χ0v) is 16.2. The number of ether oxygens (including phenoxy) is 1. The normalized spacial score (nSPS) is 14.9. The van der Waals surface area contributed by atoms with Gasteiger partial charge in [-0.15, -0.1) is 0 Å². The van der Waals surface area contributed by atoms with E-state index in [0.717, 1.165) is 37.4 Å². The molecule has 2 heterocycles. The molecule has 1 aliphatic heterocycles. The molecule has 1 amide bonds. The van der Waals surface area contributed by atoms with Crippen LogP contribution in [0.1, 0.15) is 10.4 Å². The van der Waals surface area contributed by atoms with E-state index in [2.05, 4.69) is 11.9 Å². The van der Waals surface area contributed by atoms with Crippen molar-refractivity contribution in [2.24, 2.45) is 0 Å². The van der Waals surface area contributed by atoms with Crippen molar-refractivity contribution in [2.45, 2.75) is 0 Å². The van der Waals surface area contributed by atoms with Gasteiger partial charge in [-0.05, 0) is 31.3 Å². The van der Waals surface area contributed by atoms with Crippen LogP contribution in [0.3, 0.4) is 0 Å². The maximum absolute atomic E-state index is 13.4. The van der Waals surface area contributed by atoms with Crippen LogP contribution in [-0.2, 0) is 0 Å². The standard InChI is InChI=1S/C22H24N4O2/c1-24-12-14-25(15-13-24)22(27)19-16-26(17-8-4-3-5-9-17)23-21(19)18-10-6-7-11-20(18)28-2/h3-11,16H,12-15H2,1-2H3. The second-order valence-electron chi connectivity index (χ2n) is 6.97. The summed E-state index contributed by atoms with van der Waals surface area (Å²) >= 11 is 0. The molecular weight excluding hydrogens is 352 g/mol. The summed E-state index contributed by atoms with van der Waals surface area (Å²) in [6.07, 6.45) is 1.83. The first-order chi connectivity index (χ1) is 13.7. The quantitative estimate of drug-likeness (QED) is 0.703. The van der Waals surface area contributed by atoms with E-state index in [-0.39, 0.29) is 5.91 Å². The highest BCUT2D eigenvalue weighted by molar-refractivity contribution is 6.00. The maximum Gasteiger partial charge on any atom is 0.257 e. The van der Waals surface area contributed by atoms with E-state index in [1.807, 2.05) is 65.7 Å². The second kappa shape index (κ2) is 7.86. The van der Waals surface area contributed by atoms with Gasteiger partial charge >= 0.3 is 0 Å². The molecular formula is C22H24N4O2. The highest BCUT2D eigenvalue weighted by Crippen LogP contribution is 2.32. The molecule has 2 aromatic carbocycles. The topological polar surface area (TPSA) is 50.6 Å². The molecule has 0 atom stereocenters. The molecule has 28 heavy (non-hydrogen) atoms. The molecule has 0 spiro atoms. The number of carbonyl (C=O) groups excluding carboxylic acids is 1. The summed E-state index contributed by atoms with van der Waals surface area (Å²) in [5.41, 5.74) is 2.97. The largest absolute Gasteiger partial charge is 0.496 e. The number of nitrogens with zero attached hydrogens (tertiary/aromatic N) is 4. The van der Waals surface area contributed by atoms with Gasteiger partial charge in [0, 0.05) is 37.9 Å². The van der Waals surface area contributed by atoms with Gasteiger partial charge in [-0.3, -0.25) is 4.79 Å². The lowest BCUT2D eigenvalue weighted by atomic mass is 10.1. The van der Waals surface area contributed by atoms with Crippen LogP contribution in [0.4, 0.5) is 0 Å². The van der Waals surface area contributed by atoms with Crippen molar-refractivity contribution in [1.29, 1.82) is 0 Å². The van der Waals surface area contributed by atoms with Gasteiger partial charge in [0.15, 0.2) is 0 Å². The predicted octanol–water partition coefficient (Wildman–Crippen LogP) is 2.94. The Balaban J connectivity index is 1.79. The number of hydrogen-bond acceptors (Lipinski definition) is 4. The molecule has 0 unspecified atom stereocenters. The first kappa shape index (κ1) is 18.3. The zero-order valence-electron chi connectivity index (χ0n) is 16.2. The number of amides is 1. The van der Waals surface area contributed by atoms with Gasteiger partial charge in [-0.2, -0.15) is 5.10 Å². The van der Waals surface area contributed by atoms with Crippen molar-refractivity contribution in [2.75, 3.05) is 40.3 Å². The highest BCUT2D eigenvalue weighted by atomic mass is 16.5. The van der Waals surface area contributed by atoms with Crippen LogP contribution in [0.2, 0.25) is 0 Å². The third kappa shape index (κ3) is 3.51. The van der Waals surface area contributed by atoms with E-state index >= 15 is 0 Å². The van der Waals surface area contributed by atoms with Gasteiger partial charge in [0.05, 0.1) is 18.4 Å². The Hall–Kier alpha value is -3.12. The molecule has 3 aromatic rings. The fourth-order valence-electron chi connectivity index (χ4n) is 3.46. The lowest BCUT2D eigenvalue weighted by Crippen LogP contribution is -2.47. The van der Waals surface area contributed by atoms with Crippen LogP contribution in [-0.4, -0.2) is 65.8 Å². The molecule has 6 nitrogen and oxygen atoms in total. The van der Waals surface area contributed by atoms with Crippen molar-refractivity contribution in [3.05, 3.63) is 66.4 Å². The molecule has 0 radical (unpaired) electrons. The number of methoxy groups -OCH3 is 1. The third-order valence-corrected chi connectivity index (χ3v) is 5.12. The monoisotopic (exact) mass is 376 g/mol. The van der Waals surface area contributed by atoms with Gasteiger partial charge < -0.3 is 14.5 Å². The lowest BCUT2D eigenvalue weighted by molar-refractivity contribution is 0.0665. The van der Waals surface area contributed by atoms with Crippen LogP contribution in [0.15, 0.2) is 60.8 Å². The van der Waals surface area contributed by atoms with Crippen LogP contribution in [0, 0.1) is 0 Å². The first-order valence-corrected chi connectivity index (χ1v) is 9.43. The van der Waals surface area contributed by atoms with Crippen LogP contribution in [0.25, 0.3) is 16.9 Å². The molecule has 0 N–H and O–H groups in total. The van der Waals surface area contributed by atoms with Gasteiger partial charge in [-0.1, -0.05) is 30.3 Å². The molecule has 144 valence electrons. The van der Waals surface area contributed by atoms with Crippen LogP contribution >= 0.6 is 0 Å². The van der Waals surface area contributed by atoms with Crippen molar-refractivity contribution in [3.63, 3.8) is 0 Å². The fraction of sp³-hybridized carbons (Fsp3) is 0.273. The van der Waals surface area contributed by atoms with Crippen molar-refractivity contribution < 1.29 is 9.53 Å². The Morgan fingerprint density at radius 1 is 0.964 bits per heavy atom. The van der Waals surface area contributed by atoms with Gasteiger partial charge in [0.2, 0.25) is 0 Å². The summed E-state index contributed by atoms with van der Waals surface area (Å²) in [6, 6.07) is 17.5. The molecule has 6 heteroatoms. The van der Waals surface area contributed by atoms with Gasteiger partial charge in [0.1, 0.15) is 11.4 Å². The molecule has 0 saturated carbocycles. The minimum Gasteiger partial charge on any atom is -0.496 e. The maximum atomic E-state index is 13.4. The van der Waals surface area contributed by atoms with E-state index in [4.69, 9.17) is 9.84 Å². The molecule has 1 fully saturated rings. The summed E-state index contributed by atoms with van der Waals surface area (Å²) in [4.78, 5) is 17.5. The Kier molecular flexibility index (Phi) is 5.12. The fourth-order valence-corrected chi connectivity index (χ4v) is 3.46. The summed E-state index contributed by atoms with van der Waals surface area (Å²) in [6.45, 7) is 3.19. The summed E-state index contributed by atoms with van der Waals surface area (Å²) in [5.74, 6) is 0.712. The van der Waals surface area contributed by atoms with Crippen molar-refractivity contribution in [1.82, 2.24) is 19.6 Å². The lowest BCUT2D eigenvalue weighted by Gasteiger charge is -2.32. The Morgan fingerprint density at radius 2 is 1.64 bits per heavy atom. The minimum atomic E-state index is 0.0104. The SMILES string of the molecule is COc1ccccc1-c1nn(-c2ccccc2)cc1C(=O)N1CCN(C)CC1. The van der Waals surface area contributed by atoms with E-state index in [0.29, 0.717) is 17.0 Å². The Bertz CT molecular complexity index is 960. The van der Waals surface area contributed by atoms with Crippen LogP contribution < -0.4 is 4.74 Å². The van der Waals surface area contributed by atoms with Gasteiger partial charge in [-0.25, -0.2) is 4.68 Å². The molecule has 0 aliphatic carbocycles. The van der Waals surface area contributed by atoms with Gasteiger partial charge in [0.25, 0.3) is 5.91 Å². The number of hydrogen-bond donors (Lipinski definition) is 0. The van der Waals surface area contributed by atoms with Crippen molar-refractivity contribution >= 4 is 5.91 Å². The summed E-state index contributed by atoms with van der Waals surface area (Å²) in [7, 11) is 3.71. The minimum absolute atomic E-state index is 0.0104. The molecule has 0 bridgehead atoms. The number of likely N-dealkylation sites (N-methyl/N-ethyl adjacent to an activating group) is 1. The second-order valence-corrected chi connectivity index (χ2v) is 6.97. The third-order valence-electron chi connectivity index (χ3n) is 5.12. The van der Waals surface area contributed by atoms with E-state index in [1.54, 1.807) is 11.8 Å².